The van der Waals surface area contributed by atoms with Gasteiger partial charge in [-0.1, -0.05) is 41.6 Å². The molecule has 1 amide bonds. The quantitative estimate of drug-likeness (QED) is 0.604. The van der Waals surface area contributed by atoms with Crippen LogP contribution < -0.4 is 14.8 Å². The van der Waals surface area contributed by atoms with Crippen molar-refractivity contribution < 1.29 is 18.7 Å². The molecule has 1 aliphatic heterocycles. The van der Waals surface area contributed by atoms with Crippen LogP contribution in [0.15, 0.2) is 52.1 Å². The summed E-state index contributed by atoms with van der Waals surface area (Å²) in [5.74, 6) is 1.67. The SMILES string of the molecule is CC(NC(=O)CSc1nnc(-c2ccc3c(c2)OCO3)o1)c1ccccc1Cl. The molecule has 1 aliphatic rings. The average Bonchev–Trinajstić information content (AvgIpc) is 3.35. The first kappa shape index (κ1) is 18.6. The van der Waals surface area contributed by atoms with Crippen LogP contribution in [0.2, 0.25) is 5.02 Å². The molecule has 1 atom stereocenters. The number of ether oxygens (including phenoxy) is 2. The summed E-state index contributed by atoms with van der Waals surface area (Å²) in [7, 11) is 0. The summed E-state index contributed by atoms with van der Waals surface area (Å²) in [6.45, 7) is 2.08. The van der Waals surface area contributed by atoms with Crippen molar-refractivity contribution in [3.8, 4) is 23.0 Å². The highest BCUT2D eigenvalue weighted by Crippen LogP contribution is 2.36. The van der Waals surface area contributed by atoms with Crippen LogP contribution in [-0.2, 0) is 4.79 Å². The zero-order valence-electron chi connectivity index (χ0n) is 14.8. The monoisotopic (exact) mass is 417 g/mol. The van der Waals surface area contributed by atoms with E-state index in [2.05, 4.69) is 15.5 Å². The number of amides is 1. The molecule has 4 rings (SSSR count). The first-order valence-corrected chi connectivity index (χ1v) is 9.86. The fourth-order valence-electron chi connectivity index (χ4n) is 2.73. The highest BCUT2D eigenvalue weighted by molar-refractivity contribution is 7.99. The Morgan fingerprint density at radius 2 is 2.04 bits per heavy atom. The number of fused-ring (bicyclic) bond motifs is 1. The van der Waals surface area contributed by atoms with Crippen LogP contribution in [0.4, 0.5) is 0 Å². The zero-order valence-corrected chi connectivity index (χ0v) is 16.4. The lowest BCUT2D eigenvalue weighted by molar-refractivity contribution is -0.119. The summed E-state index contributed by atoms with van der Waals surface area (Å²) >= 11 is 7.33. The van der Waals surface area contributed by atoms with Crippen molar-refractivity contribution in [1.29, 1.82) is 0 Å². The first-order valence-electron chi connectivity index (χ1n) is 8.50. The summed E-state index contributed by atoms with van der Waals surface area (Å²) < 4.78 is 16.3. The van der Waals surface area contributed by atoms with Crippen molar-refractivity contribution in [2.45, 2.75) is 18.2 Å². The van der Waals surface area contributed by atoms with Gasteiger partial charge in [-0.2, -0.15) is 0 Å². The topological polar surface area (TPSA) is 86.5 Å². The van der Waals surface area contributed by atoms with E-state index in [0.29, 0.717) is 27.6 Å². The van der Waals surface area contributed by atoms with Crippen LogP contribution in [0.1, 0.15) is 18.5 Å². The molecule has 7 nitrogen and oxygen atoms in total. The predicted molar refractivity (Wildman–Crippen MR) is 105 cm³/mol. The molecular formula is C19H16ClN3O4S. The van der Waals surface area contributed by atoms with E-state index >= 15 is 0 Å². The third kappa shape index (κ3) is 4.07. The molecule has 28 heavy (non-hydrogen) atoms. The number of benzene rings is 2. The second-order valence-electron chi connectivity index (χ2n) is 6.04. The minimum Gasteiger partial charge on any atom is -0.454 e. The van der Waals surface area contributed by atoms with Gasteiger partial charge in [-0.3, -0.25) is 4.79 Å². The highest BCUT2D eigenvalue weighted by Gasteiger charge is 2.18. The minimum absolute atomic E-state index is 0.150. The van der Waals surface area contributed by atoms with Crippen molar-refractivity contribution in [2.24, 2.45) is 0 Å². The lowest BCUT2D eigenvalue weighted by atomic mass is 10.1. The molecule has 0 fully saturated rings. The zero-order chi connectivity index (χ0) is 19.5. The van der Waals surface area contributed by atoms with Crippen molar-refractivity contribution >= 4 is 29.3 Å². The maximum atomic E-state index is 12.2. The van der Waals surface area contributed by atoms with Crippen LogP contribution >= 0.6 is 23.4 Å². The largest absolute Gasteiger partial charge is 0.454 e. The third-order valence-electron chi connectivity index (χ3n) is 4.10. The summed E-state index contributed by atoms with van der Waals surface area (Å²) in [5.41, 5.74) is 1.59. The number of halogens is 1. The van der Waals surface area contributed by atoms with Crippen molar-refractivity contribution in [2.75, 3.05) is 12.5 Å². The van der Waals surface area contributed by atoms with Gasteiger partial charge in [0.05, 0.1) is 11.8 Å². The summed E-state index contributed by atoms with van der Waals surface area (Å²) in [6.07, 6.45) is 0. The smallest absolute Gasteiger partial charge is 0.277 e. The van der Waals surface area contributed by atoms with Crippen LogP contribution in [-0.4, -0.2) is 28.7 Å². The Labute approximate surface area is 170 Å². The Hall–Kier alpha value is -2.71. The van der Waals surface area contributed by atoms with E-state index in [4.69, 9.17) is 25.5 Å². The molecule has 0 spiro atoms. The van der Waals surface area contributed by atoms with Crippen LogP contribution in [0.3, 0.4) is 0 Å². The fraction of sp³-hybridized carbons (Fsp3) is 0.211. The Balaban J connectivity index is 1.34. The van der Waals surface area contributed by atoms with E-state index in [0.717, 1.165) is 11.1 Å². The molecule has 0 radical (unpaired) electrons. The van der Waals surface area contributed by atoms with Crippen LogP contribution in [0.5, 0.6) is 11.5 Å². The molecule has 0 bridgehead atoms. The number of hydrogen-bond donors (Lipinski definition) is 1. The number of carbonyl (C=O) groups excluding carboxylic acids is 1. The number of nitrogens with zero attached hydrogens (tertiary/aromatic N) is 2. The summed E-state index contributed by atoms with van der Waals surface area (Å²) in [5, 5.41) is 11.9. The Morgan fingerprint density at radius 1 is 1.21 bits per heavy atom. The van der Waals surface area contributed by atoms with E-state index in [9.17, 15) is 4.79 Å². The number of carbonyl (C=O) groups is 1. The molecule has 2 heterocycles. The van der Waals surface area contributed by atoms with E-state index in [-0.39, 0.29) is 24.5 Å². The van der Waals surface area contributed by atoms with Gasteiger partial charge in [0.15, 0.2) is 11.5 Å². The lowest BCUT2D eigenvalue weighted by Gasteiger charge is -2.15. The van der Waals surface area contributed by atoms with Gasteiger partial charge in [0.25, 0.3) is 5.22 Å². The maximum absolute atomic E-state index is 12.2. The number of aromatic nitrogens is 2. The molecule has 2 aromatic carbocycles. The maximum Gasteiger partial charge on any atom is 0.277 e. The van der Waals surface area contributed by atoms with E-state index in [1.807, 2.05) is 31.2 Å². The van der Waals surface area contributed by atoms with Gasteiger partial charge >= 0.3 is 0 Å². The van der Waals surface area contributed by atoms with Crippen LogP contribution in [0.25, 0.3) is 11.5 Å². The van der Waals surface area contributed by atoms with Crippen LogP contribution in [0, 0.1) is 0 Å². The second kappa shape index (κ2) is 8.12. The van der Waals surface area contributed by atoms with E-state index < -0.39 is 0 Å². The van der Waals surface area contributed by atoms with Gasteiger partial charge in [0.2, 0.25) is 18.6 Å². The van der Waals surface area contributed by atoms with Gasteiger partial charge in [0.1, 0.15) is 0 Å². The number of thioether (sulfide) groups is 1. The lowest BCUT2D eigenvalue weighted by Crippen LogP contribution is -2.28. The number of nitrogens with one attached hydrogen (secondary N) is 1. The Kier molecular flexibility index (Phi) is 5.40. The first-order chi connectivity index (χ1) is 13.6. The minimum atomic E-state index is -0.200. The summed E-state index contributed by atoms with van der Waals surface area (Å²) in [4.78, 5) is 12.2. The molecule has 1 unspecified atom stereocenters. The highest BCUT2D eigenvalue weighted by atomic mass is 35.5. The number of rotatable bonds is 6. The van der Waals surface area contributed by atoms with E-state index in [1.54, 1.807) is 18.2 Å². The molecule has 144 valence electrons. The average molecular weight is 418 g/mol. The molecule has 1 N–H and O–H groups in total. The molecule has 0 saturated carbocycles. The predicted octanol–water partition coefficient (Wildman–Crippen LogP) is 4.09. The summed E-state index contributed by atoms with van der Waals surface area (Å²) in [6, 6.07) is 12.6. The van der Waals surface area contributed by atoms with Gasteiger partial charge in [-0.05, 0) is 36.8 Å². The standard InChI is InChI=1S/C19H16ClN3O4S/c1-11(13-4-2-3-5-14(13)20)21-17(24)9-28-19-23-22-18(27-19)12-6-7-15-16(8-12)26-10-25-15/h2-8,11H,9-10H2,1H3,(H,21,24). The Bertz CT molecular complexity index is 1010. The van der Waals surface area contributed by atoms with Gasteiger partial charge < -0.3 is 19.2 Å². The molecule has 1 aromatic heterocycles. The molecule has 0 saturated heterocycles. The second-order valence-corrected chi connectivity index (χ2v) is 7.37. The molecule has 3 aromatic rings. The van der Waals surface area contributed by atoms with Gasteiger partial charge in [-0.25, -0.2) is 0 Å². The fourth-order valence-corrected chi connectivity index (χ4v) is 3.60. The Morgan fingerprint density at radius 3 is 2.89 bits per heavy atom. The van der Waals surface area contributed by atoms with Crippen molar-refractivity contribution in [3.63, 3.8) is 0 Å². The number of hydrogen-bond acceptors (Lipinski definition) is 7. The van der Waals surface area contributed by atoms with Crippen molar-refractivity contribution in [3.05, 3.63) is 53.1 Å². The van der Waals surface area contributed by atoms with Gasteiger partial charge in [0, 0.05) is 10.6 Å². The molecular weight excluding hydrogens is 402 g/mol. The molecule has 0 aliphatic carbocycles. The normalized spacial score (nSPS) is 13.4. The third-order valence-corrected chi connectivity index (χ3v) is 5.26. The van der Waals surface area contributed by atoms with E-state index in [1.165, 1.54) is 11.8 Å². The molecule has 9 heteroatoms. The van der Waals surface area contributed by atoms with Crippen molar-refractivity contribution in [1.82, 2.24) is 15.5 Å². The van der Waals surface area contributed by atoms with Gasteiger partial charge in [-0.15, -0.1) is 10.2 Å².